The van der Waals surface area contributed by atoms with Gasteiger partial charge in [0, 0.05) is 27.2 Å². The summed E-state index contributed by atoms with van der Waals surface area (Å²) in [4.78, 5) is 4.35. The zero-order valence-electron chi connectivity index (χ0n) is 10.6. The van der Waals surface area contributed by atoms with Gasteiger partial charge >= 0.3 is 0 Å². The molecule has 1 nitrogen and oxygen atoms in total. The van der Waals surface area contributed by atoms with Gasteiger partial charge in [-0.05, 0) is 29.8 Å². The first-order chi connectivity index (χ1) is 9.75. The fourth-order valence-corrected chi connectivity index (χ4v) is 2.63. The first-order valence-corrected chi connectivity index (χ1v) is 6.97. The number of hydrogen-bond donors (Lipinski definition) is 0. The van der Waals surface area contributed by atoms with Crippen molar-refractivity contribution >= 4 is 46.3 Å². The first kappa shape index (κ1) is 13.2. The van der Waals surface area contributed by atoms with Crippen molar-refractivity contribution in [1.29, 1.82) is 0 Å². The van der Waals surface area contributed by atoms with Crippen molar-refractivity contribution in [2.24, 2.45) is 0 Å². The van der Waals surface area contributed by atoms with Gasteiger partial charge in [-0.25, -0.2) is 0 Å². The van der Waals surface area contributed by atoms with Crippen LogP contribution in [-0.4, -0.2) is 4.98 Å². The number of rotatable bonds is 2. The molecular formula is C17H11Cl2N. The van der Waals surface area contributed by atoms with Crippen LogP contribution in [0.4, 0.5) is 0 Å². The van der Waals surface area contributed by atoms with Crippen molar-refractivity contribution < 1.29 is 0 Å². The van der Waals surface area contributed by atoms with Crippen LogP contribution in [0.1, 0.15) is 11.1 Å². The van der Waals surface area contributed by atoms with Gasteiger partial charge in [-0.3, -0.25) is 4.98 Å². The molecule has 0 aliphatic carbocycles. The van der Waals surface area contributed by atoms with Crippen molar-refractivity contribution in [3.8, 4) is 0 Å². The van der Waals surface area contributed by atoms with E-state index < -0.39 is 0 Å². The van der Waals surface area contributed by atoms with E-state index in [1.54, 1.807) is 6.20 Å². The summed E-state index contributed by atoms with van der Waals surface area (Å²) in [5, 5.41) is 2.40. The highest BCUT2D eigenvalue weighted by Crippen LogP contribution is 2.27. The van der Waals surface area contributed by atoms with Crippen molar-refractivity contribution in [2.75, 3.05) is 0 Å². The molecular weight excluding hydrogens is 289 g/mol. The SMILES string of the molecule is Clc1cccc(Cl)c1/C=C/c1ccnc2ccccc12. The maximum atomic E-state index is 6.17. The molecule has 0 fully saturated rings. The lowest BCUT2D eigenvalue weighted by atomic mass is 10.1. The highest BCUT2D eigenvalue weighted by molar-refractivity contribution is 6.37. The van der Waals surface area contributed by atoms with E-state index in [1.807, 2.05) is 54.6 Å². The van der Waals surface area contributed by atoms with E-state index in [0.717, 1.165) is 22.0 Å². The number of benzene rings is 2. The Morgan fingerprint density at radius 3 is 2.35 bits per heavy atom. The van der Waals surface area contributed by atoms with Crippen LogP contribution in [0, 0.1) is 0 Å². The number of nitrogens with zero attached hydrogens (tertiary/aromatic N) is 1. The van der Waals surface area contributed by atoms with Crippen molar-refractivity contribution in [2.45, 2.75) is 0 Å². The van der Waals surface area contributed by atoms with Crippen LogP contribution in [0.5, 0.6) is 0 Å². The van der Waals surface area contributed by atoms with Crippen molar-refractivity contribution in [3.63, 3.8) is 0 Å². The van der Waals surface area contributed by atoms with Crippen molar-refractivity contribution in [3.05, 3.63) is 75.9 Å². The number of pyridine rings is 1. The molecule has 20 heavy (non-hydrogen) atoms. The standard InChI is InChI=1S/C17H11Cl2N/c18-15-5-3-6-16(19)14(15)9-8-12-10-11-20-17-7-2-1-4-13(12)17/h1-11H/b9-8+. The second kappa shape index (κ2) is 5.66. The predicted octanol–water partition coefficient (Wildman–Crippen LogP) is 5.71. The predicted molar refractivity (Wildman–Crippen MR) is 87.1 cm³/mol. The van der Waals surface area contributed by atoms with Crippen molar-refractivity contribution in [1.82, 2.24) is 4.98 Å². The normalized spacial score (nSPS) is 11.3. The molecule has 0 bridgehead atoms. The van der Waals surface area contributed by atoms with Gasteiger partial charge in [0.1, 0.15) is 0 Å². The van der Waals surface area contributed by atoms with E-state index >= 15 is 0 Å². The maximum absolute atomic E-state index is 6.17. The van der Waals surface area contributed by atoms with E-state index in [1.165, 1.54) is 0 Å². The highest BCUT2D eigenvalue weighted by Gasteiger charge is 2.02. The van der Waals surface area contributed by atoms with Crippen LogP contribution >= 0.6 is 23.2 Å². The van der Waals surface area contributed by atoms with Gasteiger partial charge < -0.3 is 0 Å². The third-order valence-corrected chi connectivity index (χ3v) is 3.77. The lowest BCUT2D eigenvalue weighted by Gasteiger charge is -2.03. The van der Waals surface area contributed by atoms with Crippen LogP contribution in [0.2, 0.25) is 10.0 Å². The number of fused-ring (bicyclic) bond motifs is 1. The monoisotopic (exact) mass is 299 g/mol. The lowest BCUT2D eigenvalue weighted by Crippen LogP contribution is -1.82. The van der Waals surface area contributed by atoms with E-state index in [4.69, 9.17) is 23.2 Å². The minimum absolute atomic E-state index is 0.645. The molecule has 0 unspecified atom stereocenters. The van der Waals surface area contributed by atoms with Crippen LogP contribution in [0.3, 0.4) is 0 Å². The Labute approximate surface area is 127 Å². The van der Waals surface area contributed by atoms with Gasteiger partial charge in [0.05, 0.1) is 5.52 Å². The second-order valence-electron chi connectivity index (χ2n) is 4.39. The number of halogens is 2. The summed E-state index contributed by atoms with van der Waals surface area (Å²) in [7, 11) is 0. The fraction of sp³-hybridized carbons (Fsp3) is 0. The summed E-state index contributed by atoms with van der Waals surface area (Å²) in [5.41, 5.74) is 2.89. The van der Waals surface area contributed by atoms with Crippen LogP contribution < -0.4 is 0 Å². The van der Waals surface area contributed by atoms with Gasteiger partial charge in [-0.15, -0.1) is 0 Å². The van der Waals surface area contributed by atoms with E-state index in [2.05, 4.69) is 11.1 Å². The summed E-state index contributed by atoms with van der Waals surface area (Å²) >= 11 is 12.3. The summed E-state index contributed by atoms with van der Waals surface area (Å²) in [6.45, 7) is 0. The Kier molecular flexibility index (Phi) is 3.72. The molecule has 0 saturated carbocycles. The Bertz CT molecular complexity index is 768. The average molecular weight is 300 g/mol. The number of hydrogen-bond acceptors (Lipinski definition) is 1. The molecule has 0 aliphatic rings. The smallest absolute Gasteiger partial charge is 0.0707 e. The largest absolute Gasteiger partial charge is 0.256 e. The van der Waals surface area contributed by atoms with Gasteiger partial charge in [-0.2, -0.15) is 0 Å². The number of para-hydroxylation sites is 1. The fourth-order valence-electron chi connectivity index (χ4n) is 2.11. The molecule has 0 N–H and O–H groups in total. The van der Waals surface area contributed by atoms with Gasteiger partial charge in [0.25, 0.3) is 0 Å². The molecule has 0 radical (unpaired) electrons. The van der Waals surface area contributed by atoms with Crippen LogP contribution in [-0.2, 0) is 0 Å². The molecule has 2 aromatic carbocycles. The molecule has 3 rings (SSSR count). The summed E-state index contributed by atoms with van der Waals surface area (Å²) < 4.78 is 0. The minimum atomic E-state index is 0.645. The molecule has 0 aliphatic heterocycles. The van der Waals surface area contributed by atoms with E-state index in [-0.39, 0.29) is 0 Å². The summed E-state index contributed by atoms with van der Waals surface area (Å²) in [5.74, 6) is 0. The molecule has 98 valence electrons. The Balaban J connectivity index is 2.07. The molecule has 0 saturated heterocycles. The summed E-state index contributed by atoms with van der Waals surface area (Å²) in [6.07, 6.45) is 5.75. The number of aromatic nitrogens is 1. The molecule has 3 aromatic rings. The maximum Gasteiger partial charge on any atom is 0.0707 e. The Hall–Kier alpha value is -1.83. The van der Waals surface area contributed by atoms with E-state index in [9.17, 15) is 0 Å². The summed E-state index contributed by atoms with van der Waals surface area (Å²) in [6, 6.07) is 15.5. The zero-order valence-corrected chi connectivity index (χ0v) is 12.1. The average Bonchev–Trinajstić information content (AvgIpc) is 2.47. The molecule has 1 heterocycles. The third-order valence-electron chi connectivity index (χ3n) is 3.11. The van der Waals surface area contributed by atoms with E-state index in [0.29, 0.717) is 10.0 Å². The molecule has 0 spiro atoms. The lowest BCUT2D eigenvalue weighted by molar-refractivity contribution is 1.41. The first-order valence-electron chi connectivity index (χ1n) is 6.21. The topological polar surface area (TPSA) is 12.9 Å². The zero-order chi connectivity index (χ0) is 13.9. The van der Waals surface area contributed by atoms with Crippen LogP contribution in [0.15, 0.2) is 54.7 Å². The second-order valence-corrected chi connectivity index (χ2v) is 5.20. The quantitative estimate of drug-likeness (QED) is 0.590. The Morgan fingerprint density at radius 2 is 1.55 bits per heavy atom. The highest BCUT2D eigenvalue weighted by atomic mass is 35.5. The molecule has 0 amide bonds. The Morgan fingerprint density at radius 1 is 0.800 bits per heavy atom. The van der Waals surface area contributed by atoms with Gasteiger partial charge in [-0.1, -0.05) is 59.6 Å². The molecule has 1 aromatic heterocycles. The third kappa shape index (κ3) is 2.55. The molecule has 3 heteroatoms. The van der Waals surface area contributed by atoms with Crippen LogP contribution in [0.25, 0.3) is 23.1 Å². The molecule has 0 atom stereocenters. The van der Waals surface area contributed by atoms with Gasteiger partial charge in [0.2, 0.25) is 0 Å². The minimum Gasteiger partial charge on any atom is -0.256 e. The van der Waals surface area contributed by atoms with Gasteiger partial charge in [0.15, 0.2) is 0 Å².